The smallest absolute Gasteiger partial charge is 0.338 e. The van der Waals surface area contributed by atoms with Crippen LogP contribution in [0, 0.1) is 0 Å². The maximum Gasteiger partial charge on any atom is 0.338 e. The Kier molecular flexibility index (Phi) is 20.5. The summed E-state index contributed by atoms with van der Waals surface area (Å²) in [5.74, 6) is 0.796. The number of rotatable bonds is 27. The molecule has 0 amide bonds. The third kappa shape index (κ3) is 17.4. The number of esters is 2. The van der Waals surface area contributed by atoms with Gasteiger partial charge in [-0.25, -0.2) is 9.59 Å². The first-order valence-corrected chi connectivity index (χ1v) is 20.4. The molecular weight excluding hydrogens is 705 g/mol. The molecule has 0 N–H and O–H groups in total. The van der Waals surface area contributed by atoms with E-state index in [2.05, 4.69) is 34.3 Å². The van der Waals surface area contributed by atoms with Crippen LogP contribution in [0.25, 0.3) is 0 Å². The van der Waals surface area contributed by atoms with E-state index in [0.717, 1.165) is 37.6 Å². The first-order chi connectivity index (χ1) is 27.5. The van der Waals surface area contributed by atoms with E-state index in [9.17, 15) is 9.59 Å². The van der Waals surface area contributed by atoms with E-state index in [1.165, 1.54) is 64.2 Å². The van der Waals surface area contributed by atoms with Crippen LogP contribution in [-0.4, -0.2) is 38.4 Å². The molecule has 0 fully saturated rings. The van der Waals surface area contributed by atoms with Gasteiger partial charge in [-0.2, -0.15) is 20.5 Å². The third-order valence-corrected chi connectivity index (χ3v) is 8.98. The molecule has 56 heavy (non-hydrogen) atoms. The van der Waals surface area contributed by atoms with Crippen molar-refractivity contribution in [3.05, 3.63) is 108 Å². The lowest BCUT2D eigenvalue weighted by molar-refractivity contribution is 0.0432. The van der Waals surface area contributed by atoms with Gasteiger partial charge in [-0.3, -0.25) is 0 Å². The highest BCUT2D eigenvalue weighted by molar-refractivity contribution is 5.90. The molecule has 0 saturated heterocycles. The highest BCUT2D eigenvalue weighted by atomic mass is 16.5. The Morgan fingerprint density at radius 1 is 0.375 bits per heavy atom. The fourth-order valence-electron chi connectivity index (χ4n) is 5.62. The van der Waals surface area contributed by atoms with Crippen LogP contribution in [0.15, 0.2) is 118 Å². The summed E-state index contributed by atoms with van der Waals surface area (Å²) in [4.78, 5) is 25.0. The molecule has 0 radical (unpaired) electrons. The van der Waals surface area contributed by atoms with Crippen LogP contribution >= 0.6 is 0 Å². The van der Waals surface area contributed by atoms with Gasteiger partial charge in [-0.1, -0.05) is 78.1 Å². The van der Waals surface area contributed by atoms with Crippen LogP contribution in [0.1, 0.15) is 124 Å². The number of unbranched alkanes of at least 4 members (excludes halogenated alkanes) is 11. The van der Waals surface area contributed by atoms with Gasteiger partial charge in [-0.05, 0) is 123 Å². The average molecular weight is 763 g/mol. The Balaban J connectivity index is 1.06. The highest BCUT2D eigenvalue weighted by Crippen LogP contribution is 2.24. The summed E-state index contributed by atoms with van der Waals surface area (Å²) in [5.41, 5.74) is 3.51. The van der Waals surface area contributed by atoms with E-state index in [1.807, 2.05) is 48.5 Å². The fraction of sp³-hybridized carbons (Fsp3) is 0.435. The molecule has 0 aromatic heterocycles. The summed E-state index contributed by atoms with van der Waals surface area (Å²) in [6, 6.07) is 28.6. The van der Waals surface area contributed by atoms with Gasteiger partial charge in [0.1, 0.15) is 11.5 Å². The Labute approximate surface area is 332 Å². The van der Waals surface area contributed by atoms with Crippen molar-refractivity contribution in [2.24, 2.45) is 20.5 Å². The molecule has 4 aromatic carbocycles. The lowest BCUT2D eigenvalue weighted by atomic mass is 10.1. The van der Waals surface area contributed by atoms with Gasteiger partial charge < -0.3 is 18.9 Å². The van der Waals surface area contributed by atoms with E-state index in [1.54, 1.807) is 48.5 Å². The van der Waals surface area contributed by atoms with Crippen molar-refractivity contribution in [3.63, 3.8) is 0 Å². The van der Waals surface area contributed by atoms with Crippen LogP contribution in [0.3, 0.4) is 0 Å². The summed E-state index contributed by atoms with van der Waals surface area (Å²) in [5, 5.41) is 17.1. The molecule has 0 heterocycles. The van der Waals surface area contributed by atoms with E-state index in [0.29, 0.717) is 46.7 Å². The zero-order valence-corrected chi connectivity index (χ0v) is 33.2. The van der Waals surface area contributed by atoms with Crippen LogP contribution in [0.5, 0.6) is 11.5 Å². The maximum absolute atomic E-state index is 12.5. The lowest BCUT2D eigenvalue weighted by Gasteiger charge is -2.07. The minimum absolute atomic E-state index is 0.213. The number of benzene rings is 4. The maximum atomic E-state index is 12.5. The molecule has 10 heteroatoms. The number of azo groups is 2. The largest absolute Gasteiger partial charge is 0.494 e. The van der Waals surface area contributed by atoms with Crippen molar-refractivity contribution in [1.29, 1.82) is 0 Å². The molecule has 0 aliphatic heterocycles. The fourth-order valence-corrected chi connectivity index (χ4v) is 5.62. The molecule has 4 rings (SSSR count). The lowest BCUT2D eigenvalue weighted by Crippen LogP contribution is -2.09. The first-order valence-electron chi connectivity index (χ1n) is 20.4. The molecule has 4 aromatic rings. The molecule has 0 bridgehead atoms. The molecular formula is C46H58N4O6. The van der Waals surface area contributed by atoms with Gasteiger partial charge >= 0.3 is 11.9 Å². The Bertz CT molecular complexity index is 1610. The number of hydrogen-bond donors (Lipinski definition) is 0. The molecule has 0 saturated carbocycles. The number of hydrogen-bond acceptors (Lipinski definition) is 10. The monoisotopic (exact) mass is 762 g/mol. The molecule has 298 valence electrons. The van der Waals surface area contributed by atoms with Crippen molar-refractivity contribution in [1.82, 2.24) is 0 Å². The van der Waals surface area contributed by atoms with Gasteiger partial charge in [0.25, 0.3) is 0 Å². The van der Waals surface area contributed by atoms with E-state index in [-0.39, 0.29) is 13.2 Å². The third-order valence-electron chi connectivity index (χ3n) is 8.98. The molecule has 0 spiro atoms. The van der Waals surface area contributed by atoms with Crippen molar-refractivity contribution in [2.45, 2.75) is 104 Å². The van der Waals surface area contributed by atoms with Gasteiger partial charge in [-0.15, -0.1) is 0 Å². The molecule has 0 aliphatic rings. The van der Waals surface area contributed by atoms with Gasteiger partial charge in [0.15, 0.2) is 0 Å². The second kappa shape index (κ2) is 26.4. The Morgan fingerprint density at radius 3 is 1.00 bits per heavy atom. The zero-order chi connectivity index (χ0) is 39.5. The predicted molar refractivity (Wildman–Crippen MR) is 222 cm³/mol. The molecule has 0 unspecified atom stereocenters. The summed E-state index contributed by atoms with van der Waals surface area (Å²) in [7, 11) is 0. The summed E-state index contributed by atoms with van der Waals surface area (Å²) in [6.07, 6.45) is 15.9. The Hall–Kier alpha value is -5.38. The number of carbonyl (C=O) groups excluding carboxylic acids is 2. The SMILES string of the molecule is CCCCCCCCOc1ccc(N=Nc2ccc(C(=O)OCCCCOC(=O)c3ccc(N=Nc4ccc(OCCCCCCCC)cc4)cc3)cc2)cc1. The topological polar surface area (TPSA) is 121 Å². The highest BCUT2D eigenvalue weighted by Gasteiger charge is 2.09. The van der Waals surface area contributed by atoms with Crippen molar-refractivity contribution in [3.8, 4) is 11.5 Å². The minimum atomic E-state index is -0.427. The second-order valence-electron chi connectivity index (χ2n) is 13.7. The van der Waals surface area contributed by atoms with Crippen molar-refractivity contribution in [2.75, 3.05) is 26.4 Å². The predicted octanol–water partition coefficient (Wildman–Crippen LogP) is 13.8. The standard InChI is InChI=1S/C46H58N4O6/c1-3-5-7-9-11-13-33-53-43-29-25-41(26-30-43)49-47-39-21-17-37(18-22-39)45(51)55-35-15-16-36-56-46(52)38-19-23-40(24-20-38)48-50-42-27-31-44(32-28-42)54-34-14-12-10-8-6-4-2/h17-32H,3-16,33-36H2,1-2H3. The van der Waals surface area contributed by atoms with Crippen LogP contribution in [0.2, 0.25) is 0 Å². The first kappa shape index (κ1) is 43.3. The number of nitrogens with zero attached hydrogens (tertiary/aromatic N) is 4. The molecule has 10 nitrogen and oxygen atoms in total. The average Bonchev–Trinajstić information content (AvgIpc) is 3.23. The van der Waals surface area contributed by atoms with Crippen LogP contribution in [-0.2, 0) is 9.47 Å². The van der Waals surface area contributed by atoms with E-state index >= 15 is 0 Å². The zero-order valence-electron chi connectivity index (χ0n) is 33.2. The minimum Gasteiger partial charge on any atom is -0.494 e. The molecule has 0 atom stereocenters. The van der Waals surface area contributed by atoms with Gasteiger partial charge in [0.05, 0.1) is 60.3 Å². The van der Waals surface area contributed by atoms with E-state index < -0.39 is 11.9 Å². The van der Waals surface area contributed by atoms with Crippen molar-refractivity contribution < 1.29 is 28.5 Å². The summed E-state index contributed by atoms with van der Waals surface area (Å²) in [6.45, 7) is 6.31. The quantitative estimate of drug-likeness (QED) is 0.0339. The summed E-state index contributed by atoms with van der Waals surface area (Å²) >= 11 is 0. The molecule has 0 aliphatic carbocycles. The second-order valence-corrected chi connectivity index (χ2v) is 13.7. The van der Waals surface area contributed by atoms with Crippen LogP contribution < -0.4 is 9.47 Å². The Morgan fingerprint density at radius 2 is 0.661 bits per heavy atom. The van der Waals surface area contributed by atoms with Crippen LogP contribution in [0.4, 0.5) is 22.7 Å². The number of ether oxygens (including phenoxy) is 4. The van der Waals surface area contributed by atoms with Gasteiger partial charge in [0.2, 0.25) is 0 Å². The van der Waals surface area contributed by atoms with E-state index in [4.69, 9.17) is 18.9 Å². The normalized spacial score (nSPS) is 11.2. The summed E-state index contributed by atoms with van der Waals surface area (Å²) < 4.78 is 22.5. The van der Waals surface area contributed by atoms with Gasteiger partial charge in [0, 0.05) is 0 Å². The number of carbonyl (C=O) groups is 2. The van der Waals surface area contributed by atoms with Crippen molar-refractivity contribution >= 4 is 34.7 Å².